The molecular formula is C66H57Cl3F6N6O6. The summed E-state index contributed by atoms with van der Waals surface area (Å²) in [6.07, 6.45) is -8.87. The van der Waals surface area contributed by atoms with Crippen LogP contribution in [-0.2, 0) is 31.4 Å². The predicted octanol–water partition coefficient (Wildman–Crippen LogP) is 15.3. The van der Waals surface area contributed by atoms with Gasteiger partial charge in [0, 0.05) is 101 Å². The van der Waals surface area contributed by atoms with Gasteiger partial charge in [0.1, 0.15) is 12.1 Å². The van der Waals surface area contributed by atoms with Crippen molar-refractivity contribution in [3.8, 4) is 22.3 Å². The van der Waals surface area contributed by atoms with E-state index in [2.05, 4.69) is 25.3 Å². The number of anilines is 4. The Morgan fingerprint density at radius 2 is 0.805 bits per heavy atom. The van der Waals surface area contributed by atoms with E-state index in [9.17, 15) is 45.5 Å². The molecular weight excluding hydrogens is 1190 g/mol. The number of methoxy groups -OCH3 is 2. The topological polar surface area (TPSA) is 124 Å². The van der Waals surface area contributed by atoms with Crippen molar-refractivity contribution in [2.24, 2.45) is 0 Å². The quantitative estimate of drug-likeness (QED) is 0.0803. The molecule has 0 aromatic heterocycles. The molecule has 2 N–H and O–H groups in total. The molecule has 87 heavy (non-hydrogen) atoms. The van der Waals surface area contributed by atoms with Crippen molar-refractivity contribution in [3.05, 3.63) is 237 Å². The van der Waals surface area contributed by atoms with Crippen LogP contribution in [-0.4, -0.2) is 100 Å². The Hall–Kier alpha value is -8.39. The Morgan fingerprint density at radius 3 is 1.17 bits per heavy atom. The lowest BCUT2D eigenvalue weighted by molar-refractivity contribution is -0.148. The largest absolute Gasteiger partial charge is 0.468 e. The van der Waals surface area contributed by atoms with Crippen molar-refractivity contribution >= 4 is 81.3 Å². The van der Waals surface area contributed by atoms with Crippen LogP contribution in [0.3, 0.4) is 0 Å². The lowest BCUT2D eigenvalue weighted by Crippen LogP contribution is -2.49. The van der Waals surface area contributed by atoms with E-state index in [-0.39, 0.29) is 17.8 Å². The maximum Gasteiger partial charge on any atom is 0.416 e. The first-order chi connectivity index (χ1) is 41.7. The van der Waals surface area contributed by atoms with Crippen molar-refractivity contribution in [3.63, 3.8) is 0 Å². The van der Waals surface area contributed by atoms with Crippen LogP contribution >= 0.6 is 34.8 Å². The van der Waals surface area contributed by atoms with Gasteiger partial charge in [-0.2, -0.15) is 26.3 Å². The standard InChI is InChI=1S/C33H28Cl2F3N3O3.C33H29ClF3N3O3/c1-44-32(43)30(28-15-10-23(34)20-29(28)35)41-18-16-40(17-19-41)25-13-11-24(12-14-25)39-31(42)27-5-3-2-4-26(27)21-6-8-22(9-7-21)33(36,37)38;1-43-32(42)30(28-8-4-5-9-29(28)34)40-20-18-39(19-21-40)25-16-14-24(15-17-25)38-31(41)27-7-3-2-6-26(27)22-10-12-23(13-11-22)33(35,36)37/h2-15,20,30H,16-19H2,1H3,(H,39,42);2-17,30H,18-21H2,1H3,(H,38,41). The van der Waals surface area contributed by atoms with Gasteiger partial charge in [-0.3, -0.25) is 19.4 Å². The maximum atomic E-state index is 13.2. The first-order valence-corrected chi connectivity index (χ1v) is 28.5. The van der Waals surface area contributed by atoms with Gasteiger partial charge in [-0.25, -0.2) is 9.59 Å². The Kier molecular flexibility index (Phi) is 20.3. The second-order valence-corrected chi connectivity index (χ2v) is 21.6. The maximum absolute atomic E-state index is 13.2. The van der Waals surface area contributed by atoms with E-state index in [1.54, 1.807) is 97.1 Å². The highest BCUT2D eigenvalue weighted by molar-refractivity contribution is 6.35. The minimum absolute atomic E-state index is 0.341. The summed E-state index contributed by atoms with van der Waals surface area (Å²) in [5.74, 6) is -1.51. The molecule has 450 valence electrons. The summed E-state index contributed by atoms with van der Waals surface area (Å²) < 4.78 is 88.2. The molecule has 2 heterocycles. The van der Waals surface area contributed by atoms with Gasteiger partial charge in [0.2, 0.25) is 0 Å². The molecule has 2 amide bonds. The zero-order chi connectivity index (χ0) is 62.0. The van der Waals surface area contributed by atoms with Gasteiger partial charge in [-0.15, -0.1) is 0 Å². The molecule has 21 heteroatoms. The summed E-state index contributed by atoms with van der Waals surface area (Å²) in [6.45, 7) is 5.02. The smallest absolute Gasteiger partial charge is 0.416 e. The van der Waals surface area contributed by atoms with E-state index in [4.69, 9.17) is 44.3 Å². The van der Waals surface area contributed by atoms with Crippen LogP contribution < -0.4 is 20.4 Å². The molecule has 0 bridgehead atoms. The van der Waals surface area contributed by atoms with E-state index >= 15 is 0 Å². The van der Waals surface area contributed by atoms with Crippen molar-refractivity contribution in [2.75, 3.05) is 87.0 Å². The van der Waals surface area contributed by atoms with Gasteiger partial charge >= 0.3 is 24.3 Å². The molecule has 2 atom stereocenters. The third kappa shape index (κ3) is 15.4. The van der Waals surface area contributed by atoms with Crippen LogP contribution in [0.4, 0.5) is 49.1 Å². The van der Waals surface area contributed by atoms with E-state index in [0.717, 1.165) is 35.6 Å². The number of piperazine rings is 2. The highest BCUT2D eigenvalue weighted by Crippen LogP contribution is 2.37. The summed E-state index contributed by atoms with van der Waals surface area (Å²) in [5, 5.41) is 7.17. The number of amides is 2. The van der Waals surface area contributed by atoms with Gasteiger partial charge in [0.05, 0.1) is 25.3 Å². The fourth-order valence-corrected chi connectivity index (χ4v) is 11.3. The molecule has 0 radical (unpaired) electrons. The SMILES string of the molecule is COC(=O)C(c1ccc(Cl)cc1Cl)N1CCN(c2ccc(NC(=O)c3ccccc3-c3ccc(C(F)(F)F)cc3)cc2)CC1.COC(=O)C(c1ccccc1Cl)N1CCN(c2ccc(NC(=O)c3ccccc3-c3ccc(C(F)(F)F)cc3)cc2)CC1. The molecule has 2 fully saturated rings. The lowest BCUT2D eigenvalue weighted by atomic mass is 9.98. The van der Waals surface area contributed by atoms with Crippen molar-refractivity contribution in [1.29, 1.82) is 0 Å². The van der Waals surface area contributed by atoms with E-state index in [0.29, 0.717) is 123 Å². The normalized spacial score (nSPS) is 14.7. The molecule has 2 saturated heterocycles. The summed E-state index contributed by atoms with van der Waals surface area (Å²) >= 11 is 18.9. The predicted molar refractivity (Wildman–Crippen MR) is 328 cm³/mol. The Labute approximate surface area is 513 Å². The van der Waals surface area contributed by atoms with Gasteiger partial charge in [0.15, 0.2) is 0 Å². The van der Waals surface area contributed by atoms with E-state index in [1.165, 1.54) is 38.5 Å². The van der Waals surface area contributed by atoms with Crippen LogP contribution in [0.15, 0.2) is 188 Å². The minimum Gasteiger partial charge on any atom is -0.468 e. The summed E-state index contributed by atoms with van der Waals surface area (Å²) in [5.41, 5.74) is 5.69. The average molecular weight is 1250 g/mol. The second-order valence-electron chi connectivity index (χ2n) is 20.3. The number of benzene rings is 8. The zero-order valence-electron chi connectivity index (χ0n) is 46.8. The van der Waals surface area contributed by atoms with E-state index in [1.807, 2.05) is 47.4 Å². The summed E-state index contributed by atoms with van der Waals surface area (Å²) in [7, 11) is 2.72. The third-order valence-electron chi connectivity index (χ3n) is 15.0. The third-order valence-corrected chi connectivity index (χ3v) is 15.9. The molecule has 8 aromatic rings. The van der Waals surface area contributed by atoms with Crippen LogP contribution in [0.1, 0.15) is 55.1 Å². The number of hydrogen-bond acceptors (Lipinski definition) is 10. The highest BCUT2D eigenvalue weighted by Gasteiger charge is 2.36. The number of esters is 2. The fraction of sp³-hybridized carbons (Fsp3) is 0.212. The molecule has 10 rings (SSSR count). The molecule has 2 aliphatic heterocycles. The average Bonchev–Trinajstić information content (AvgIpc) is 2.20. The van der Waals surface area contributed by atoms with Crippen molar-refractivity contribution < 1.29 is 55.0 Å². The number of carbonyl (C=O) groups is 4. The monoisotopic (exact) mass is 1250 g/mol. The van der Waals surface area contributed by atoms with E-state index < -0.39 is 41.5 Å². The first kappa shape index (κ1) is 63.1. The van der Waals surface area contributed by atoms with Crippen molar-refractivity contribution in [2.45, 2.75) is 24.4 Å². The second kappa shape index (κ2) is 28.0. The summed E-state index contributed by atoms with van der Waals surface area (Å²) in [4.78, 5) is 60.3. The number of nitrogens with one attached hydrogen (secondary N) is 2. The Morgan fingerprint density at radius 1 is 0.437 bits per heavy atom. The number of halogens is 9. The van der Waals surface area contributed by atoms with Crippen LogP contribution in [0.5, 0.6) is 0 Å². The zero-order valence-corrected chi connectivity index (χ0v) is 49.1. The van der Waals surface area contributed by atoms with Gasteiger partial charge in [-0.1, -0.05) is 120 Å². The highest BCUT2D eigenvalue weighted by atomic mass is 35.5. The van der Waals surface area contributed by atoms with Gasteiger partial charge < -0.3 is 29.9 Å². The van der Waals surface area contributed by atoms with Crippen LogP contribution in [0, 0.1) is 0 Å². The number of rotatable bonds is 14. The number of hydrogen-bond donors (Lipinski definition) is 2. The molecule has 0 saturated carbocycles. The van der Waals surface area contributed by atoms with Crippen LogP contribution in [0.2, 0.25) is 15.1 Å². The molecule has 2 aliphatic rings. The molecule has 0 aliphatic carbocycles. The minimum atomic E-state index is -4.44. The number of ether oxygens (including phenoxy) is 2. The molecule has 8 aromatic carbocycles. The Bertz CT molecular complexity index is 3710. The fourth-order valence-electron chi connectivity index (χ4n) is 10.5. The number of nitrogens with zero attached hydrogens (tertiary/aromatic N) is 4. The molecule has 0 spiro atoms. The van der Waals surface area contributed by atoms with Gasteiger partial charge in [-0.05, 0) is 137 Å². The molecule has 12 nitrogen and oxygen atoms in total. The lowest BCUT2D eigenvalue weighted by Gasteiger charge is -2.39. The van der Waals surface area contributed by atoms with Gasteiger partial charge in [0.25, 0.3) is 11.8 Å². The summed E-state index contributed by atoms with van der Waals surface area (Å²) in [6, 6.07) is 49.0. The molecule has 2 unspecified atom stereocenters. The Balaban J connectivity index is 0.000000208. The number of alkyl halides is 6. The first-order valence-electron chi connectivity index (χ1n) is 27.4. The number of carbonyl (C=O) groups excluding carboxylic acids is 4. The van der Waals surface area contributed by atoms with Crippen molar-refractivity contribution in [1.82, 2.24) is 9.80 Å². The van der Waals surface area contributed by atoms with Crippen LogP contribution in [0.25, 0.3) is 22.3 Å².